The second-order valence-electron chi connectivity index (χ2n) is 7.54. The number of hydrogen-bond acceptors (Lipinski definition) is 6. The van der Waals surface area contributed by atoms with Gasteiger partial charge in [0, 0.05) is 31.0 Å². The number of carbonyl (C=O) groups excluding carboxylic acids is 1. The summed E-state index contributed by atoms with van der Waals surface area (Å²) in [6.45, 7) is 1.83. The maximum absolute atomic E-state index is 13.4. The molecule has 0 unspecified atom stereocenters. The minimum absolute atomic E-state index is 0.188. The molecule has 0 aliphatic carbocycles. The molecule has 0 saturated carbocycles. The van der Waals surface area contributed by atoms with E-state index in [4.69, 9.17) is 5.73 Å². The number of amides is 1. The van der Waals surface area contributed by atoms with Gasteiger partial charge in [-0.15, -0.1) is 0 Å². The van der Waals surface area contributed by atoms with Crippen LogP contribution in [0.3, 0.4) is 0 Å². The number of nitrogens with two attached hydrogens (primary N) is 1. The molecule has 0 bridgehead atoms. The van der Waals surface area contributed by atoms with Crippen LogP contribution in [0, 0.1) is 0 Å². The summed E-state index contributed by atoms with van der Waals surface area (Å²) in [4.78, 5) is 14.2. The number of alkyl halides is 1. The average molecular weight is 424 g/mol. The van der Waals surface area contributed by atoms with Gasteiger partial charge in [0.1, 0.15) is 23.3 Å². The zero-order chi connectivity index (χ0) is 21.8. The lowest BCUT2D eigenvalue weighted by Gasteiger charge is -2.30. The molecule has 1 amide bonds. The maximum atomic E-state index is 13.4. The van der Waals surface area contributed by atoms with Crippen LogP contribution < -0.4 is 21.3 Å². The Kier molecular flexibility index (Phi) is 5.92. The van der Waals surface area contributed by atoms with Gasteiger partial charge in [-0.1, -0.05) is 12.1 Å². The van der Waals surface area contributed by atoms with Crippen LogP contribution >= 0.6 is 0 Å². The second-order valence-corrected chi connectivity index (χ2v) is 7.54. The molecule has 3 aromatic rings. The molecule has 1 saturated heterocycles. The average Bonchev–Trinajstić information content (AvgIpc) is 3.17. The summed E-state index contributed by atoms with van der Waals surface area (Å²) in [5, 5.41) is 22.6. The Bertz CT molecular complexity index is 1030. The third kappa shape index (κ3) is 4.88. The highest BCUT2D eigenvalue weighted by atomic mass is 19.1. The summed E-state index contributed by atoms with van der Waals surface area (Å²) in [5.41, 5.74) is 8.52. The Hall–Kier alpha value is -3.75. The van der Waals surface area contributed by atoms with Crippen molar-refractivity contribution in [3.63, 3.8) is 0 Å². The number of aromatic nitrogens is 2. The van der Waals surface area contributed by atoms with E-state index in [-0.39, 0.29) is 11.3 Å². The Morgan fingerprint density at radius 3 is 2.48 bits per heavy atom. The van der Waals surface area contributed by atoms with Crippen LogP contribution in [-0.2, 0) is 6.54 Å². The molecule has 8 nitrogen and oxygen atoms in total. The van der Waals surface area contributed by atoms with Crippen LogP contribution in [0.4, 0.5) is 27.4 Å². The summed E-state index contributed by atoms with van der Waals surface area (Å²) in [5.74, 6) is 0.308. The summed E-state index contributed by atoms with van der Waals surface area (Å²) in [7, 11) is 0. The minimum Gasteiger partial charge on any atom is -0.508 e. The van der Waals surface area contributed by atoms with Gasteiger partial charge < -0.3 is 26.4 Å². The number of rotatable bonds is 7. The molecule has 1 aromatic heterocycles. The molecule has 2 aromatic carbocycles. The van der Waals surface area contributed by atoms with E-state index in [2.05, 4.69) is 25.7 Å². The molecule has 2 heterocycles. The molecular formula is C22H25FN6O2. The molecule has 0 radical (unpaired) electrons. The van der Waals surface area contributed by atoms with Gasteiger partial charge in [-0.3, -0.25) is 9.89 Å². The fourth-order valence-corrected chi connectivity index (χ4v) is 3.60. The van der Waals surface area contributed by atoms with Crippen LogP contribution in [0.5, 0.6) is 5.75 Å². The Balaban J connectivity index is 1.44. The Labute approximate surface area is 179 Å². The predicted molar refractivity (Wildman–Crippen MR) is 119 cm³/mol. The van der Waals surface area contributed by atoms with Crippen LogP contribution in [0.2, 0.25) is 0 Å². The molecule has 4 rings (SSSR count). The number of phenols is 1. The molecule has 0 atom stereocenters. The van der Waals surface area contributed by atoms with E-state index in [1.807, 2.05) is 24.3 Å². The highest BCUT2D eigenvalue weighted by Crippen LogP contribution is 2.27. The monoisotopic (exact) mass is 424 g/mol. The lowest BCUT2D eigenvalue weighted by Crippen LogP contribution is -2.34. The number of nitrogens with zero attached hydrogens (tertiary/aromatic N) is 2. The molecule has 1 fully saturated rings. The van der Waals surface area contributed by atoms with Gasteiger partial charge >= 0.3 is 0 Å². The maximum Gasteiger partial charge on any atom is 0.256 e. The third-order valence-corrected chi connectivity index (χ3v) is 5.34. The zero-order valence-electron chi connectivity index (χ0n) is 16.9. The molecule has 1 aliphatic heterocycles. The highest BCUT2D eigenvalue weighted by Gasteiger charge is 2.20. The number of benzene rings is 2. The van der Waals surface area contributed by atoms with E-state index in [1.54, 1.807) is 24.3 Å². The van der Waals surface area contributed by atoms with E-state index in [0.29, 0.717) is 44.1 Å². The summed E-state index contributed by atoms with van der Waals surface area (Å²) in [6, 6.07) is 14.4. The number of aromatic amines is 1. The lowest BCUT2D eigenvalue weighted by molar-refractivity contribution is 0.100. The van der Waals surface area contributed by atoms with Gasteiger partial charge in [0.25, 0.3) is 5.91 Å². The topological polar surface area (TPSA) is 119 Å². The van der Waals surface area contributed by atoms with Gasteiger partial charge in [-0.05, 0) is 54.8 Å². The molecule has 1 aliphatic rings. The molecule has 9 heteroatoms. The van der Waals surface area contributed by atoms with E-state index < -0.39 is 12.1 Å². The van der Waals surface area contributed by atoms with Crippen molar-refractivity contribution in [2.24, 2.45) is 5.73 Å². The zero-order valence-corrected chi connectivity index (χ0v) is 16.9. The van der Waals surface area contributed by atoms with Crippen LogP contribution in [0.15, 0.2) is 48.5 Å². The molecular weight excluding hydrogens is 399 g/mol. The fourth-order valence-electron chi connectivity index (χ4n) is 3.60. The van der Waals surface area contributed by atoms with Crippen molar-refractivity contribution < 1.29 is 14.3 Å². The molecule has 0 spiro atoms. The van der Waals surface area contributed by atoms with E-state index in [9.17, 15) is 14.3 Å². The number of nitrogens with one attached hydrogen (secondary N) is 3. The third-order valence-electron chi connectivity index (χ3n) is 5.34. The first-order chi connectivity index (χ1) is 15.0. The van der Waals surface area contributed by atoms with Crippen molar-refractivity contribution in [2.45, 2.75) is 25.6 Å². The van der Waals surface area contributed by atoms with Crippen molar-refractivity contribution in [3.8, 4) is 5.75 Å². The largest absolute Gasteiger partial charge is 0.508 e. The smallest absolute Gasteiger partial charge is 0.256 e. The number of carbonyl (C=O) groups is 1. The van der Waals surface area contributed by atoms with Crippen molar-refractivity contribution in [2.75, 3.05) is 28.6 Å². The van der Waals surface area contributed by atoms with E-state index >= 15 is 0 Å². The summed E-state index contributed by atoms with van der Waals surface area (Å²) >= 11 is 0. The lowest BCUT2D eigenvalue weighted by atomic mass is 10.1. The van der Waals surface area contributed by atoms with Crippen molar-refractivity contribution in [1.29, 1.82) is 0 Å². The number of aromatic hydroxyl groups is 1. The summed E-state index contributed by atoms with van der Waals surface area (Å²) < 4.78 is 13.4. The summed E-state index contributed by atoms with van der Waals surface area (Å²) in [6.07, 6.45) is 0.394. The normalized spacial score (nSPS) is 14.4. The molecule has 162 valence electrons. The standard InChI is InChI=1S/C22H25FN6O2/c23-15-9-11-29(12-10-15)17-5-3-16(4-6-17)26-22-19(20(24)31)21(27-28-22)25-13-14-1-7-18(30)8-2-14/h1-8,15,30H,9-13H2,(H2,24,31)(H3,25,26,27,28). The Morgan fingerprint density at radius 2 is 1.84 bits per heavy atom. The van der Waals surface area contributed by atoms with Crippen molar-refractivity contribution in [3.05, 3.63) is 59.7 Å². The fraction of sp³-hybridized carbons (Fsp3) is 0.273. The van der Waals surface area contributed by atoms with Crippen LogP contribution in [0.1, 0.15) is 28.8 Å². The number of anilines is 4. The number of H-pyrrole nitrogens is 1. The van der Waals surface area contributed by atoms with E-state index in [0.717, 1.165) is 16.9 Å². The van der Waals surface area contributed by atoms with Gasteiger partial charge in [-0.2, -0.15) is 5.10 Å². The highest BCUT2D eigenvalue weighted by molar-refractivity contribution is 6.03. The second kappa shape index (κ2) is 8.95. The van der Waals surface area contributed by atoms with Crippen LogP contribution in [0.25, 0.3) is 0 Å². The molecule has 31 heavy (non-hydrogen) atoms. The van der Waals surface area contributed by atoms with Gasteiger partial charge in [0.2, 0.25) is 0 Å². The van der Waals surface area contributed by atoms with Crippen molar-refractivity contribution >= 4 is 28.9 Å². The number of halogens is 1. The SMILES string of the molecule is NC(=O)c1c(Nc2ccc(N3CCC(F)CC3)cc2)n[nH]c1NCc1ccc(O)cc1. The Morgan fingerprint density at radius 1 is 1.16 bits per heavy atom. The van der Waals surface area contributed by atoms with Crippen LogP contribution in [-0.4, -0.2) is 40.5 Å². The van der Waals surface area contributed by atoms with Gasteiger partial charge in [0.05, 0.1) is 0 Å². The quantitative estimate of drug-likeness (QED) is 0.396. The van der Waals surface area contributed by atoms with Gasteiger partial charge in [-0.25, -0.2) is 4.39 Å². The number of primary amides is 1. The van der Waals surface area contributed by atoms with E-state index in [1.165, 1.54) is 0 Å². The first kappa shape index (κ1) is 20.5. The minimum atomic E-state index is -0.707. The first-order valence-corrected chi connectivity index (χ1v) is 10.2. The first-order valence-electron chi connectivity index (χ1n) is 10.2. The van der Waals surface area contributed by atoms with Crippen molar-refractivity contribution in [1.82, 2.24) is 10.2 Å². The van der Waals surface area contributed by atoms with Gasteiger partial charge in [0.15, 0.2) is 5.82 Å². The number of phenolic OH excluding ortho intramolecular Hbond substituents is 1. The number of piperidine rings is 1. The predicted octanol–water partition coefficient (Wildman–Crippen LogP) is 3.51. The number of hydrogen-bond donors (Lipinski definition) is 5. The molecule has 6 N–H and O–H groups in total.